The van der Waals surface area contributed by atoms with Gasteiger partial charge in [0, 0.05) is 6.07 Å². The third-order valence-corrected chi connectivity index (χ3v) is 4.03. The van der Waals surface area contributed by atoms with E-state index in [1.54, 1.807) is 24.3 Å². The van der Waals surface area contributed by atoms with Crippen LogP contribution in [-0.2, 0) is 4.79 Å². The number of fused-ring (bicyclic) bond motifs is 1. The van der Waals surface area contributed by atoms with Crippen molar-refractivity contribution in [2.45, 2.75) is 0 Å². The number of hydrogen-bond acceptors (Lipinski definition) is 4. The van der Waals surface area contributed by atoms with Gasteiger partial charge in [-0.3, -0.25) is 14.5 Å². The van der Waals surface area contributed by atoms with Crippen molar-refractivity contribution in [1.82, 2.24) is 4.90 Å². The molecule has 1 heterocycles. The van der Waals surface area contributed by atoms with Gasteiger partial charge in [-0.05, 0) is 24.3 Å². The maximum atomic E-state index is 12.2. The van der Waals surface area contributed by atoms with Crippen LogP contribution in [-0.4, -0.2) is 29.2 Å². The van der Waals surface area contributed by atoms with E-state index in [9.17, 15) is 14.4 Å². The topological polar surface area (TPSA) is 63.7 Å². The van der Waals surface area contributed by atoms with E-state index in [0.717, 1.165) is 4.90 Å². The Labute approximate surface area is 141 Å². The highest BCUT2D eigenvalue weighted by molar-refractivity contribution is 6.42. The first kappa shape index (κ1) is 15.5. The van der Waals surface area contributed by atoms with Crippen molar-refractivity contribution in [2.75, 3.05) is 6.54 Å². The number of carbonyl (C=O) groups excluding carboxylic acids is 3. The van der Waals surface area contributed by atoms with E-state index in [0.29, 0.717) is 5.02 Å². The van der Waals surface area contributed by atoms with Gasteiger partial charge in [-0.25, -0.2) is 4.79 Å². The predicted octanol–water partition coefficient (Wildman–Crippen LogP) is 3.20. The van der Waals surface area contributed by atoms with Gasteiger partial charge >= 0.3 is 5.97 Å². The Morgan fingerprint density at radius 1 is 0.957 bits per heavy atom. The highest BCUT2D eigenvalue weighted by Crippen LogP contribution is 2.27. The first-order valence-corrected chi connectivity index (χ1v) is 7.34. The normalized spacial score (nSPS) is 13.2. The van der Waals surface area contributed by atoms with Crippen molar-refractivity contribution < 1.29 is 19.1 Å². The Hall–Kier alpha value is -2.37. The van der Waals surface area contributed by atoms with E-state index in [1.807, 2.05) is 0 Å². The summed E-state index contributed by atoms with van der Waals surface area (Å²) in [4.78, 5) is 37.1. The molecule has 1 aliphatic rings. The van der Waals surface area contributed by atoms with Crippen LogP contribution in [0.3, 0.4) is 0 Å². The fourth-order valence-corrected chi connectivity index (χ4v) is 2.50. The van der Waals surface area contributed by atoms with Crippen molar-refractivity contribution in [3.63, 3.8) is 0 Å². The smallest absolute Gasteiger partial charge is 0.331 e. The third kappa shape index (κ3) is 2.93. The second-order valence-corrected chi connectivity index (χ2v) is 5.61. The summed E-state index contributed by atoms with van der Waals surface area (Å²) in [6.07, 6.45) is 0. The second-order valence-electron chi connectivity index (χ2n) is 4.79. The standard InChI is InChI=1S/C16H9Cl2NO4/c17-12-6-5-9(7-13(12)18)23-14(20)8-19-15(21)10-3-1-2-4-11(10)16(19)22/h1-7H,8H2. The van der Waals surface area contributed by atoms with Crippen LogP contribution in [0.5, 0.6) is 5.75 Å². The molecular weight excluding hydrogens is 341 g/mol. The van der Waals surface area contributed by atoms with Gasteiger partial charge < -0.3 is 4.74 Å². The van der Waals surface area contributed by atoms with Gasteiger partial charge in [-0.15, -0.1) is 0 Å². The molecule has 0 aromatic heterocycles. The summed E-state index contributed by atoms with van der Waals surface area (Å²) in [7, 11) is 0. The molecule has 0 radical (unpaired) electrons. The minimum atomic E-state index is -0.752. The Kier molecular flexibility index (Phi) is 4.07. The number of benzene rings is 2. The van der Waals surface area contributed by atoms with Gasteiger partial charge in [-0.1, -0.05) is 35.3 Å². The average Bonchev–Trinajstić information content (AvgIpc) is 2.76. The summed E-state index contributed by atoms with van der Waals surface area (Å²) >= 11 is 11.6. The van der Waals surface area contributed by atoms with E-state index in [1.165, 1.54) is 18.2 Å². The monoisotopic (exact) mass is 349 g/mol. The number of ether oxygens (including phenoxy) is 1. The first-order chi connectivity index (χ1) is 11.0. The summed E-state index contributed by atoms with van der Waals surface area (Å²) in [6, 6.07) is 10.7. The molecule has 0 atom stereocenters. The van der Waals surface area contributed by atoms with Gasteiger partial charge in [0.25, 0.3) is 11.8 Å². The zero-order valence-electron chi connectivity index (χ0n) is 11.6. The summed E-state index contributed by atoms with van der Waals surface area (Å²) in [6.45, 7) is -0.480. The SMILES string of the molecule is O=C(CN1C(=O)c2ccccc2C1=O)Oc1ccc(Cl)c(Cl)c1. The number of carbonyl (C=O) groups is 3. The number of amides is 2. The summed E-state index contributed by atoms with van der Waals surface area (Å²) in [5.74, 6) is -1.60. The second kappa shape index (κ2) is 6.02. The Balaban J connectivity index is 1.73. The van der Waals surface area contributed by atoms with E-state index in [4.69, 9.17) is 27.9 Å². The zero-order valence-corrected chi connectivity index (χ0v) is 13.1. The van der Waals surface area contributed by atoms with Crippen LogP contribution < -0.4 is 4.74 Å². The van der Waals surface area contributed by atoms with Gasteiger partial charge in [-0.2, -0.15) is 0 Å². The van der Waals surface area contributed by atoms with Gasteiger partial charge in [0.05, 0.1) is 21.2 Å². The molecular formula is C16H9Cl2NO4. The molecule has 0 N–H and O–H groups in total. The lowest BCUT2D eigenvalue weighted by Gasteiger charge is -2.13. The summed E-state index contributed by atoms with van der Waals surface area (Å²) in [5.41, 5.74) is 0.555. The lowest BCUT2D eigenvalue weighted by Crippen LogP contribution is -2.36. The third-order valence-electron chi connectivity index (χ3n) is 3.29. The highest BCUT2D eigenvalue weighted by atomic mass is 35.5. The van der Waals surface area contributed by atoms with Crippen LogP contribution in [0.4, 0.5) is 0 Å². The van der Waals surface area contributed by atoms with Crippen molar-refractivity contribution in [1.29, 1.82) is 0 Å². The van der Waals surface area contributed by atoms with Crippen LogP contribution in [0.25, 0.3) is 0 Å². The number of hydrogen-bond donors (Lipinski definition) is 0. The molecule has 2 aromatic rings. The van der Waals surface area contributed by atoms with Crippen molar-refractivity contribution in [3.8, 4) is 5.75 Å². The van der Waals surface area contributed by atoms with Crippen LogP contribution in [0.15, 0.2) is 42.5 Å². The molecule has 3 rings (SSSR count). The van der Waals surface area contributed by atoms with Gasteiger partial charge in [0.2, 0.25) is 0 Å². The Morgan fingerprint density at radius 3 is 2.13 bits per heavy atom. The number of imide groups is 1. The quantitative estimate of drug-likeness (QED) is 0.485. The minimum Gasteiger partial charge on any atom is -0.425 e. The number of halogens is 2. The zero-order chi connectivity index (χ0) is 16.6. The fourth-order valence-electron chi connectivity index (χ4n) is 2.22. The largest absolute Gasteiger partial charge is 0.425 e. The van der Waals surface area contributed by atoms with Crippen LogP contribution in [0.1, 0.15) is 20.7 Å². The van der Waals surface area contributed by atoms with Crippen molar-refractivity contribution >= 4 is 41.0 Å². The molecule has 23 heavy (non-hydrogen) atoms. The number of rotatable bonds is 3. The maximum Gasteiger partial charge on any atom is 0.331 e. The first-order valence-electron chi connectivity index (χ1n) is 6.58. The van der Waals surface area contributed by atoms with E-state index >= 15 is 0 Å². The molecule has 7 heteroatoms. The Morgan fingerprint density at radius 2 is 1.57 bits per heavy atom. The molecule has 1 aliphatic heterocycles. The molecule has 2 aromatic carbocycles. The molecule has 0 unspecified atom stereocenters. The number of esters is 1. The number of nitrogens with zero attached hydrogens (tertiary/aromatic N) is 1. The molecule has 0 saturated heterocycles. The van der Waals surface area contributed by atoms with E-state index < -0.39 is 24.3 Å². The highest BCUT2D eigenvalue weighted by Gasteiger charge is 2.36. The van der Waals surface area contributed by atoms with E-state index in [-0.39, 0.29) is 21.9 Å². The predicted molar refractivity (Wildman–Crippen MR) is 83.9 cm³/mol. The lowest BCUT2D eigenvalue weighted by atomic mass is 10.1. The van der Waals surface area contributed by atoms with Crippen LogP contribution >= 0.6 is 23.2 Å². The maximum absolute atomic E-state index is 12.2. The van der Waals surface area contributed by atoms with Gasteiger partial charge in [0.1, 0.15) is 12.3 Å². The minimum absolute atomic E-state index is 0.181. The Bertz CT molecular complexity index is 800. The molecule has 0 saturated carbocycles. The molecule has 116 valence electrons. The van der Waals surface area contributed by atoms with Crippen molar-refractivity contribution in [3.05, 3.63) is 63.6 Å². The molecule has 0 bridgehead atoms. The molecule has 5 nitrogen and oxygen atoms in total. The van der Waals surface area contributed by atoms with E-state index in [2.05, 4.69) is 0 Å². The van der Waals surface area contributed by atoms with Gasteiger partial charge in [0.15, 0.2) is 0 Å². The van der Waals surface area contributed by atoms with Crippen molar-refractivity contribution in [2.24, 2.45) is 0 Å². The summed E-state index contributed by atoms with van der Waals surface area (Å²) in [5, 5.41) is 0.560. The molecule has 2 amide bonds. The average molecular weight is 350 g/mol. The lowest BCUT2D eigenvalue weighted by molar-refractivity contribution is -0.134. The molecule has 0 spiro atoms. The fraction of sp³-hybridized carbons (Fsp3) is 0.0625. The van der Waals surface area contributed by atoms with Crippen LogP contribution in [0.2, 0.25) is 10.0 Å². The van der Waals surface area contributed by atoms with Crippen LogP contribution in [0, 0.1) is 0 Å². The molecule has 0 aliphatic carbocycles. The molecule has 0 fully saturated rings. The summed E-state index contributed by atoms with van der Waals surface area (Å²) < 4.78 is 5.08.